The molecule has 0 amide bonds. The van der Waals surface area contributed by atoms with Crippen LogP contribution in [-0.2, 0) is 85.4 Å². The van der Waals surface area contributed by atoms with Crippen molar-refractivity contribution in [1.29, 1.82) is 0 Å². The van der Waals surface area contributed by atoms with Gasteiger partial charge < -0.3 is 147 Å². The van der Waals surface area contributed by atoms with E-state index in [-0.39, 0.29) is 29.1 Å². The fraction of sp³-hybridized carbons (Fsp3) is 0.912. The lowest BCUT2D eigenvalue weighted by Crippen LogP contribution is -2.67. The zero-order valence-corrected chi connectivity index (χ0v) is 58.3. The molecule has 7 heterocycles. The summed E-state index contributed by atoms with van der Waals surface area (Å²) in [4.78, 5) is 27.1. The zero-order chi connectivity index (χ0) is 72.8. The van der Waals surface area contributed by atoms with Crippen molar-refractivity contribution in [1.82, 2.24) is 0 Å². The summed E-state index contributed by atoms with van der Waals surface area (Å²) in [5.41, 5.74) is -1.06. The largest absolute Gasteiger partial charge is 0.462 e. The molecule has 7 aliphatic heterocycles. The summed E-state index contributed by atoms with van der Waals surface area (Å²) in [5.74, 6) is -0.702. The first kappa shape index (κ1) is 78.4. The van der Waals surface area contributed by atoms with Crippen molar-refractivity contribution in [3.63, 3.8) is 0 Å². The molecule has 7 saturated heterocycles. The predicted molar refractivity (Wildman–Crippen MR) is 335 cm³/mol. The third-order valence-electron chi connectivity index (χ3n) is 24.6. The van der Waals surface area contributed by atoms with Crippen molar-refractivity contribution in [3.8, 4) is 0 Å². The number of hydrogen-bond acceptors (Lipinski definition) is 32. The predicted octanol–water partition coefficient (Wildman–Crippen LogP) is -2.90. The van der Waals surface area contributed by atoms with Gasteiger partial charge in [0.2, 0.25) is 0 Å². The maximum absolute atomic E-state index is 14.8. The average molecular weight is 1440 g/mol. The second-order valence-corrected chi connectivity index (χ2v) is 31.0. The standard InChI is InChI=1S/C68H108O32/c1-27(2)20-30(90-29(4)72)21-67(9)39-15-18-66(8)32-12-13-38-64(5,6)40(16-17-65(38,7)31(32)14-19-68(39,66)63(84)100-67)95-62-56(44(77)37(26-88-62)94-59-50(83)55(43(76)36(24-71)91-59)98-61-49(82)54(86-11)42(75)35(23-70)93-61)99-58-46(79)45(78)51(28(3)89-58)96-57-47(80)52(33(73)25-87-57)97-60-48(81)53(85-10)41(74)34(22-69)92-60/h12,28,30-31,33-62,69-71,73-83H,1,13-26H2,2-11H3/t28-,30+,31-,33-,34-,35-,36-,37-,38+,39-,40+,41-,42-,43-,44+,45-,46-,47-,48-,49-,50-,51-,52+,53+,54+,55+,56-,57+,58+,59+,60+,61+,62+,65-,66+,67+,68+/m1/s1. The summed E-state index contributed by atoms with van der Waals surface area (Å²) >= 11 is 0. The maximum atomic E-state index is 14.8. The van der Waals surface area contributed by atoms with Crippen molar-refractivity contribution in [2.75, 3.05) is 47.3 Å². The number of cyclic esters (lactones) is 1. The van der Waals surface area contributed by atoms with Gasteiger partial charge in [0.05, 0.1) is 50.7 Å². The van der Waals surface area contributed by atoms with Gasteiger partial charge >= 0.3 is 11.9 Å². The molecule has 0 unspecified atom stereocenters. The molecule has 1 spiro atoms. The molecular formula is C68H108O32. The highest BCUT2D eigenvalue weighted by Crippen LogP contribution is 2.76. The average Bonchev–Trinajstić information content (AvgIpc) is 1.46. The summed E-state index contributed by atoms with van der Waals surface area (Å²) in [6, 6.07) is 0. The number of aliphatic hydroxyl groups is 14. The Labute approximate surface area is 580 Å². The Morgan fingerprint density at radius 1 is 0.570 bits per heavy atom. The number of fused-ring (bicyclic) bond motifs is 4. The van der Waals surface area contributed by atoms with E-state index < -0.39 is 245 Å². The van der Waals surface area contributed by atoms with Crippen LogP contribution in [0, 0.1) is 39.4 Å². The smallest absolute Gasteiger partial charge is 0.313 e. The Bertz CT molecular complexity index is 2840. The van der Waals surface area contributed by atoms with Crippen LogP contribution in [0.5, 0.6) is 0 Å². The molecule has 32 nitrogen and oxygen atoms in total. The molecule has 11 rings (SSSR count). The van der Waals surface area contributed by atoms with E-state index in [0.29, 0.717) is 38.5 Å². The second-order valence-electron chi connectivity index (χ2n) is 31.0. The number of carbonyl (C=O) groups is 2. The van der Waals surface area contributed by atoms with E-state index in [2.05, 4.69) is 40.3 Å². The number of methoxy groups -OCH3 is 2. The second kappa shape index (κ2) is 30.5. The lowest BCUT2D eigenvalue weighted by Gasteiger charge is -2.64. The summed E-state index contributed by atoms with van der Waals surface area (Å²) in [5, 5.41) is 156. The van der Waals surface area contributed by atoms with Gasteiger partial charge in [0, 0.05) is 45.3 Å². The van der Waals surface area contributed by atoms with Crippen LogP contribution in [0.15, 0.2) is 23.8 Å². The zero-order valence-electron chi connectivity index (χ0n) is 58.3. The molecule has 0 aromatic carbocycles. The molecular weight excluding hydrogens is 1330 g/mol. The Morgan fingerprint density at radius 3 is 1.68 bits per heavy atom. The van der Waals surface area contributed by atoms with E-state index in [0.717, 1.165) is 24.8 Å². The highest BCUT2D eigenvalue weighted by molar-refractivity contribution is 5.83. The summed E-state index contributed by atoms with van der Waals surface area (Å²) in [7, 11) is 2.39. The van der Waals surface area contributed by atoms with Crippen molar-refractivity contribution in [3.05, 3.63) is 23.8 Å². The molecule has 32 heteroatoms. The molecule has 3 saturated carbocycles. The molecule has 0 bridgehead atoms. The first-order valence-corrected chi connectivity index (χ1v) is 35.1. The molecule has 0 radical (unpaired) electrons. The van der Waals surface area contributed by atoms with Crippen LogP contribution in [-0.4, -0.2) is 321 Å². The number of allylic oxidation sites excluding steroid dienone is 2. The van der Waals surface area contributed by atoms with E-state index in [4.69, 9.17) is 75.8 Å². The van der Waals surface area contributed by atoms with Crippen molar-refractivity contribution < 1.29 is 157 Å². The number of hydrogen-bond donors (Lipinski definition) is 14. The molecule has 10 fully saturated rings. The number of esters is 2. The van der Waals surface area contributed by atoms with E-state index in [9.17, 15) is 81.1 Å². The normalized spacial score (nSPS) is 51.2. The van der Waals surface area contributed by atoms with Crippen LogP contribution in [0.25, 0.3) is 0 Å². The fourth-order valence-corrected chi connectivity index (χ4v) is 19.4. The van der Waals surface area contributed by atoms with Gasteiger partial charge in [-0.05, 0) is 88.4 Å². The van der Waals surface area contributed by atoms with Crippen LogP contribution in [0.3, 0.4) is 0 Å². The summed E-state index contributed by atoms with van der Waals surface area (Å²) < 4.78 is 96.1. The van der Waals surface area contributed by atoms with Crippen LogP contribution in [0.1, 0.15) is 113 Å². The third-order valence-corrected chi connectivity index (χ3v) is 24.6. The Balaban J connectivity index is 0.828. The number of rotatable bonds is 22. The fourth-order valence-electron chi connectivity index (χ4n) is 19.4. The lowest BCUT2D eigenvalue weighted by atomic mass is 9.41. The van der Waals surface area contributed by atoms with Crippen LogP contribution >= 0.6 is 0 Å². The number of aliphatic hydroxyl groups excluding tert-OH is 14. The van der Waals surface area contributed by atoms with Gasteiger partial charge in [0.1, 0.15) is 140 Å². The topological polar surface area (TPSA) is 465 Å². The minimum Gasteiger partial charge on any atom is -0.462 e. The van der Waals surface area contributed by atoms with Gasteiger partial charge in [0.25, 0.3) is 0 Å². The first-order chi connectivity index (χ1) is 47.2. The van der Waals surface area contributed by atoms with E-state index in [1.54, 1.807) is 0 Å². The van der Waals surface area contributed by atoms with Gasteiger partial charge in [-0.3, -0.25) is 9.59 Å². The van der Waals surface area contributed by atoms with Gasteiger partial charge in [-0.1, -0.05) is 44.9 Å². The van der Waals surface area contributed by atoms with Gasteiger partial charge in [-0.2, -0.15) is 0 Å². The quantitative estimate of drug-likeness (QED) is 0.0382. The van der Waals surface area contributed by atoms with Gasteiger partial charge in [0.15, 0.2) is 37.7 Å². The molecule has 14 N–H and O–H groups in total. The SMILES string of the molecule is C=C(C)C[C@@H](C[C@]1(C)OC(=O)[C@@]23CC[C@@H]4C(=CC[C@H]5C(C)(C)[C@@H](O[C@@H]6OC[C@@H](O[C@@H]7O[C@H](CO)[C@@H](O)[C@H](O[C@@H]8O[C@H](CO)[C@@H](O)[C@H](OC)[C@H]8O)[C@H]7O)[C@H](O)[C@H]6O[C@@H]6O[C@H](C)[C@@H](O[C@@H]7OC[C@@H](O)[C@H](O[C@@H]8O[C@H](CO)[C@@H](O)[C@H](OC)[C@H]8O)[C@H]7O)[C@H](O)[C@H]6O)CC[C@]45C)[C@]2(C)CC[C@H]13)OC(C)=O. The molecule has 37 atom stereocenters. The number of ether oxygens (including phenoxy) is 16. The highest BCUT2D eigenvalue weighted by atomic mass is 16.8. The Morgan fingerprint density at radius 2 is 1.10 bits per heavy atom. The van der Waals surface area contributed by atoms with Crippen molar-refractivity contribution >= 4 is 11.9 Å². The third kappa shape index (κ3) is 13.9. The van der Waals surface area contributed by atoms with E-state index >= 15 is 0 Å². The molecule has 0 aromatic rings. The van der Waals surface area contributed by atoms with Crippen LogP contribution in [0.2, 0.25) is 0 Å². The highest BCUT2D eigenvalue weighted by Gasteiger charge is 2.77. The van der Waals surface area contributed by atoms with E-state index in [1.165, 1.54) is 33.6 Å². The van der Waals surface area contributed by atoms with Crippen LogP contribution in [0.4, 0.5) is 0 Å². The monoisotopic (exact) mass is 1440 g/mol. The maximum Gasteiger partial charge on any atom is 0.313 e. The molecule has 0 aromatic heterocycles. The van der Waals surface area contributed by atoms with Gasteiger partial charge in [-0.25, -0.2) is 0 Å². The minimum atomic E-state index is -2.03. The van der Waals surface area contributed by atoms with Crippen LogP contribution < -0.4 is 0 Å². The first-order valence-electron chi connectivity index (χ1n) is 35.1. The van der Waals surface area contributed by atoms with E-state index in [1.807, 2.05) is 13.8 Å². The lowest BCUT2D eigenvalue weighted by molar-refractivity contribution is -0.394. The molecule has 4 aliphatic carbocycles. The van der Waals surface area contributed by atoms with Crippen molar-refractivity contribution in [2.45, 2.75) is 303 Å². The molecule has 11 aliphatic rings. The Hall–Kier alpha value is -2.70. The molecule has 100 heavy (non-hydrogen) atoms. The molecule has 572 valence electrons. The summed E-state index contributed by atoms with van der Waals surface area (Å²) in [6.45, 7) is 16.2. The van der Waals surface area contributed by atoms with Gasteiger partial charge in [-0.15, -0.1) is 6.58 Å². The number of carbonyl (C=O) groups excluding carboxylic acids is 2. The summed E-state index contributed by atoms with van der Waals surface area (Å²) in [6.07, 6.45) is -39.5. The minimum absolute atomic E-state index is 0.0233. The Kier molecular flexibility index (Phi) is 23.9. The van der Waals surface area contributed by atoms with Crippen molar-refractivity contribution in [2.24, 2.45) is 39.4 Å².